The summed E-state index contributed by atoms with van der Waals surface area (Å²) in [6.07, 6.45) is 1.64. The van der Waals surface area contributed by atoms with Gasteiger partial charge < -0.3 is 15.2 Å². The second-order valence-corrected chi connectivity index (χ2v) is 5.03. The molecule has 2 N–H and O–H groups in total. The third-order valence-electron chi connectivity index (χ3n) is 3.43. The second-order valence-electron chi connectivity index (χ2n) is 5.03. The van der Waals surface area contributed by atoms with Gasteiger partial charge in [0.2, 0.25) is 0 Å². The predicted molar refractivity (Wildman–Crippen MR) is 92.8 cm³/mol. The van der Waals surface area contributed by atoms with Crippen molar-refractivity contribution in [2.24, 2.45) is 0 Å². The molecule has 2 aromatic rings. The number of aliphatic hydroxyl groups is 1. The van der Waals surface area contributed by atoms with Gasteiger partial charge in [-0.05, 0) is 43.3 Å². The lowest BCUT2D eigenvalue weighted by molar-refractivity contribution is 0.195. The predicted octanol–water partition coefficient (Wildman–Crippen LogP) is 3.37. The Morgan fingerprint density at radius 1 is 1.05 bits per heavy atom. The summed E-state index contributed by atoms with van der Waals surface area (Å²) in [5.41, 5.74) is 2.31. The first-order valence-electron chi connectivity index (χ1n) is 7.39. The number of ether oxygens (including phenoxy) is 1. The molecular formula is C18H24ClNO2. The van der Waals surface area contributed by atoms with Gasteiger partial charge in [-0.3, -0.25) is 0 Å². The number of aliphatic hydroxyl groups excluding tert-OH is 1. The Hall–Kier alpha value is -1.55. The van der Waals surface area contributed by atoms with E-state index in [0.717, 1.165) is 24.3 Å². The Labute approximate surface area is 138 Å². The molecule has 0 fully saturated rings. The minimum atomic E-state index is 0. The highest BCUT2D eigenvalue weighted by Crippen LogP contribution is 2.24. The number of halogens is 1. The zero-order valence-corrected chi connectivity index (χ0v) is 13.7. The summed E-state index contributed by atoms with van der Waals surface area (Å²) in [6.45, 7) is 1.08. The van der Waals surface area contributed by atoms with Crippen molar-refractivity contribution in [3.05, 3.63) is 65.7 Å². The smallest absolute Gasteiger partial charge is 0.125 e. The molecule has 1 atom stereocenters. The Bertz CT molecular complexity index is 516. The quantitative estimate of drug-likeness (QED) is 0.783. The van der Waals surface area contributed by atoms with Crippen LogP contribution in [-0.2, 0) is 6.42 Å². The maximum Gasteiger partial charge on any atom is 0.125 e. The van der Waals surface area contributed by atoms with Crippen molar-refractivity contribution >= 4 is 12.4 Å². The van der Waals surface area contributed by atoms with Gasteiger partial charge in [0.05, 0.1) is 0 Å². The summed E-state index contributed by atoms with van der Waals surface area (Å²) in [4.78, 5) is 0. The van der Waals surface area contributed by atoms with Crippen LogP contribution in [0.5, 0.6) is 5.75 Å². The van der Waals surface area contributed by atoms with Gasteiger partial charge in [0.1, 0.15) is 11.9 Å². The maximum absolute atomic E-state index is 8.94. The van der Waals surface area contributed by atoms with Crippen LogP contribution in [0, 0.1) is 0 Å². The molecule has 2 rings (SSSR count). The zero-order valence-electron chi connectivity index (χ0n) is 12.9. The van der Waals surface area contributed by atoms with E-state index in [4.69, 9.17) is 9.84 Å². The van der Waals surface area contributed by atoms with Crippen LogP contribution < -0.4 is 10.1 Å². The van der Waals surface area contributed by atoms with Crippen LogP contribution in [0.25, 0.3) is 0 Å². The van der Waals surface area contributed by atoms with Crippen molar-refractivity contribution in [3.63, 3.8) is 0 Å². The maximum atomic E-state index is 8.94. The van der Waals surface area contributed by atoms with Gasteiger partial charge in [-0.2, -0.15) is 0 Å². The second kappa shape index (κ2) is 10.2. The van der Waals surface area contributed by atoms with Crippen molar-refractivity contribution in [2.45, 2.75) is 18.9 Å². The highest BCUT2D eigenvalue weighted by atomic mass is 35.5. The number of rotatable bonds is 8. The fourth-order valence-corrected chi connectivity index (χ4v) is 2.26. The fourth-order valence-electron chi connectivity index (χ4n) is 2.26. The Kier molecular flexibility index (Phi) is 8.60. The molecule has 4 heteroatoms. The first kappa shape index (κ1) is 18.5. The lowest BCUT2D eigenvalue weighted by atomic mass is 10.1. The van der Waals surface area contributed by atoms with E-state index in [1.54, 1.807) is 0 Å². The number of hydrogen-bond acceptors (Lipinski definition) is 3. The molecule has 22 heavy (non-hydrogen) atoms. The highest BCUT2D eigenvalue weighted by molar-refractivity contribution is 5.85. The molecule has 0 saturated heterocycles. The minimum Gasteiger partial charge on any atom is -0.486 e. The summed E-state index contributed by atoms with van der Waals surface area (Å²) in [6, 6.07) is 18.2. The van der Waals surface area contributed by atoms with Gasteiger partial charge in [-0.15, -0.1) is 12.4 Å². The summed E-state index contributed by atoms with van der Waals surface area (Å²) >= 11 is 0. The van der Waals surface area contributed by atoms with Gasteiger partial charge in [0, 0.05) is 13.0 Å². The first-order valence-corrected chi connectivity index (χ1v) is 7.39. The van der Waals surface area contributed by atoms with Gasteiger partial charge >= 0.3 is 0 Å². The molecule has 0 heterocycles. The van der Waals surface area contributed by atoms with Gasteiger partial charge in [-0.1, -0.05) is 42.5 Å². The minimum absolute atomic E-state index is 0. The molecule has 0 radical (unpaired) electrons. The molecule has 3 nitrogen and oxygen atoms in total. The highest BCUT2D eigenvalue weighted by Gasteiger charge is 2.12. The van der Waals surface area contributed by atoms with Crippen LogP contribution in [0.4, 0.5) is 0 Å². The number of hydrogen-bond donors (Lipinski definition) is 2. The number of nitrogens with one attached hydrogen (secondary N) is 1. The molecule has 0 saturated carbocycles. The van der Waals surface area contributed by atoms with E-state index in [0.29, 0.717) is 6.42 Å². The van der Waals surface area contributed by atoms with Crippen molar-refractivity contribution < 1.29 is 9.84 Å². The van der Waals surface area contributed by atoms with Crippen molar-refractivity contribution in [1.82, 2.24) is 5.32 Å². The zero-order chi connectivity index (χ0) is 14.9. The molecule has 0 aliphatic heterocycles. The molecule has 0 aromatic heterocycles. The van der Waals surface area contributed by atoms with Crippen molar-refractivity contribution in [1.29, 1.82) is 0 Å². The average Bonchev–Trinajstić information content (AvgIpc) is 2.54. The molecule has 2 aromatic carbocycles. The van der Waals surface area contributed by atoms with Gasteiger partial charge in [0.25, 0.3) is 0 Å². The Balaban J connectivity index is 0.00000242. The lowest BCUT2D eigenvalue weighted by Crippen LogP contribution is -2.16. The van der Waals surface area contributed by atoms with E-state index in [1.807, 2.05) is 49.5 Å². The molecular weight excluding hydrogens is 298 g/mol. The van der Waals surface area contributed by atoms with Crippen molar-refractivity contribution in [2.75, 3.05) is 20.2 Å². The first-order chi connectivity index (χ1) is 10.3. The molecule has 0 aliphatic rings. The van der Waals surface area contributed by atoms with Crippen LogP contribution in [0.2, 0.25) is 0 Å². The lowest BCUT2D eigenvalue weighted by Gasteiger charge is -2.20. The van der Waals surface area contributed by atoms with E-state index in [1.165, 1.54) is 5.56 Å². The van der Waals surface area contributed by atoms with E-state index < -0.39 is 0 Å². The monoisotopic (exact) mass is 321 g/mol. The third-order valence-corrected chi connectivity index (χ3v) is 3.43. The Morgan fingerprint density at radius 2 is 1.73 bits per heavy atom. The average molecular weight is 322 g/mol. The standard InChI is InChI=1S/C18H23NO2.ClH/c1-19-13-11-18(16-5-3-2-4-6-16)21-17-9-7-15(8-10-17)12-14-20;/h2-10,18-20H,11-14H2,1H3;1H/t18-;/m0./s1. The molecule has 0 unspecified atom stereocenters. The molecule has 0 bridgehead atoms. The largest absolute Gasteiger partial charge is 0.486 e. The van der Waals surface area contributed by atoms with E-state index >= 15 is 0 Å². The summed E-state index contributed by atoms with van der Waals surface area (Å²) in [5.74, 6) is 0.863. The van der Waals surface area contributed by atoms with E-state index in [2.05, 4.69) is 17.4 Å². The third kappa shape index (κ3) is 5.68. The van der Waals surface area contributed by atoms with Crippen LogP contribution in [0.3, 0.4) is 0 Å². The van der Waals surface area contributed by atoms with E-state index in [-0.39, 0.29) is 25.1 Å². The van der Waals surface area contributed by atoms with Gasteiger partial charge in [0.15, 0.2) is 0 Å². The molecule has 0 aliphatic carbocycles. The Morgan fingerprint density at radius 3 is 2.32 bits per heavy atom. The van der Waals surface area contributed by atoms with Gasteiger partial charge in [-0.25, -0.2) is 0 Å². The SMILES string of the molecule is CNCC[C@H](Oc1ccc(CCO)cc1)c1ccccc1.Cl. The van der Waals surface area contributed by atoms with Crippen LogP contribution in [-0.4, -0.2) is 25.3 Å². The fraction of sp³-hybridized carbons (Fsp3) is 0.333. The van der Waals surface area contributed by atoms with Crippen molar-refractivity contribution in [3.8, 4) is 5.75 Å². The summed E-state index contributed by atoms with van der Waals surface area (Å²) in [5, 5.41) is 12.1. The number of benzene rings is 2. The molecule has 0 spiro atoms. The summed E-state index contributed by atoms with van der Waals surface area (Å²) in [7, 11) is 1.95. The van der Waals surface area contributed by atoms with Crippen LogP contribution in [0.15, 0.2) is 54.6 Å². The van der Waals surface area contributed by atoms with E-state index in [9.17, 15) is 0 Å². The molecule has 120 valence electrons. The topological polar surface area (TPSA) is 41.5 Å². The summed E-state index contributed by atoms with van der Waals surface area (Å²) < 4.78 is 6.13. The normalized spacial score (nSPS) is 11.5. The molecule has 0 amide bonds. The van der Waals surface area contributed by atoms with Crippen LogP contribution in [0.1, 0.15) is 23.7 Å². The van der Waals surface area contributed by atoms with Crippen LogP contribution >= 0.6 is 12.4 Å².